The van der Waals surface area contributed by atoms with Gasteiger partial charge in [0.25, 0.3) is 5.91 Å². The van der Waals surface area contributed by atoms with Crippen molar-refractivity contribution in [2.45, 2.75) is 20.3 Å². The summed E-state index contributed by atoms with van der Waals surface area (Å²) in [4.78, 5) is 12.3. The van der Waals surface area contributed by atoms with Gasteiger partial charge in [-0.3, -0.25) is 4.79 Å². The van der Waals surface area contributed by atoms with Crippen LogP contribution in [0.4, 0.5) is 0 Å². The molecule has 0 aliphatic heterocycles. The smallest absolute Gasteiger partial charge is 0.271 e. The number of fused-ring (bicyclic) bond motifs is 1. The lowest BCUT2D eigenvalue weighted by Gasteiger charge is -2.11. The molecular formula is C22H22N2O2. The first-order valence-corrected chi connectivity index (χ1v) is 8.73. The van der Waals surface area contributed by atoms with E-state index >= 15 is 0 Å². The fourth-order valence-corrected chi connectivity index (χ4v) is 2.75. The molecule has 4 heteroatoms. The first-order chi connectivity index (χ1) is 12.7. The van der Waals surface area contributed by atoms with Crippen LogP contribution in [0.5, 0.6) is 5.75 Å². The molecule has 0 unspecified atom stereocenters. The fraction of sp³-hybridized carbons (Fsp3) is 0.182. The molecule has 0 bridgehead atoms. The molecule has 0 saturated heterocycles. The standard InChI is InChI=1S/C22H22N2O2/c1-3-13-26-21-12-11-17-8-4-5-10-19(17)20(21)15-23-24-22(25)18-9-6-7-16(2)14-18/h4-12,14-15H,3,13H2,1-2H3,(H,24,25)/b23-15+. The molecule has 3 aromatic rings. The van der Waals surface area contributed by atoms with Crippen molar-refractivity contribution in [3.8, 4) is 5.75 Å². The lowest BCUT2D eigenvalue weighted by Crippen LogP contribution is -2.17. The van der Waals surface area contributed by atoms with Crippen LogP contribution < -0.4 is 10.2 Å². The minimum atomic E-state index is -0.235. The maximum atomic E-state index is 12.3. The van der Waals surface area contributed by atoms with Gasteiger partial charge < -0.3 is 4.74 Å². The van der Waals surface area contributed by atoms with E-state index in [0.717, 1.165) is 34.1 Å². The van der Waals surface area contributed by atoms with Crippen molar-refractivity contribution in [2.24, 2.45) is 5.10 Å². The van der Waals surface area contributed by atoms with Crippen LogP contribution in [0, 0.1) is 6.92 Å². The Morgan fingerprint density at radius 2 is 1.96 bits per heavy atom. The Bertz CT molecular complexity index is 948. The lowest BCUT2D eigenvalue weighted by atomic mass is 10.0. The Balaban J connectivity index is 1.86. The number of nitrogens with zero attached hydrogens (tertiary/aromatic N) is 1. The topological polar surface area (TPSA) is 50.7 Å². The van der Waals surface area contributed by atoms with Gasteiger partial charge in [-0.15, -0.1) is 0 Å². The third kappa shape index (κ3) is 4.09. The second kappa shape index (κ2) is 8.30. The largest absolute Gasteiger partial charge is 0.493 e. The van der Waals surface area contributed by atoms with Crippen LogP contribution in [-0.4, -0.2) is 18.7 Å². The van der Waals surface area contributed by atoms with Crippen molar-refractivity contribution in [1.82, 2.24) is 5.43 Å². The number of hydrazone groups is 1. The summed E-state index contributed by atoms with van der Waals surface area (Å²) in [7, 11) is 0. The number of aryl methyl sites for hydroxylation is 1. The highest BCUT2D eigenvalue weighted by Crippen LogP contribution is 2.26. The summed E-state index contributed by atoms with van der Waals surface area (Å²) < 4.78 is 5.85. The molecule has 4 nitrogen and oxygen atoms in total. The summed E-state index contributed by atoms with van der Waals surface area (Å²) in [5.74, 6) is 0.528. The number of nitrogens with one attached hydrogen (secondary N) is 1. The van der Waals surface area contributed by atoms with E-state index in [1.807, 2.05) is 61.5 Å². The van der Waals surface area contributed by atoms with E-state index in [4.69, 9.17) is 4.74 Å². The third-order valence-corrected chi connectivity index (χ3v) is 4.03. The first kappa shape index (κ1) is 17.7. The van der Waals surface area contributed by atoms with Crippen LogP contribution in [0.3, 0.4) is 0 Å². The van der Waals surface area contributed by atoms with Crippen molar-refractivity contribution in [1.29, 1.82) is 0 Å². The summed E-state index contributed by atoms with van der Waals surface area (Å²) in [6.45, 7) is 4.65. The molecule has 26 heavy (non-hydrogen) atoms. The highest BCUT2D eigenvalue weighted by molar-refractivity contribution is 6.03. The summed E-state index contributed by atoms with van der Waals surface area (Å²) in [6, 6.07) is 19.4. The van der Waals surface area contributed by atoms with Gasteiger partial charge in [-0.2, -0.15) is 5.10 Å². The van der Waals surface area contributed by atoms with E-state index in [1.165, 1.54) is 0 Å². The Kier molecular flexibility index (Phi) is 5.64. The molecule has 0 aliphatic rings. The summed E-state index contributed by atoms with van der Waals surface area (Å²) in [5.41, 5.74) is 5.08. The zero-order chi connectivity index (χ0) is 18.4. The molecule has 1 amide bonds. The second-order valence-electron chi connectivity index (χ2n) is 6.12. The number of ether oxygens (including phenoxy) is 1. The Labute approximate surface area is 153 Å². The summed E-state index contributed by atoms with van der Waals surface area (Å²) >= 11 is 0. The average Bonchev–Trinajstić information content (AvgIpc) is 2.67. The van der Waals surface area contributed by atoms with Crippen LogP contribution in [0.15, 0.2) is 65.8 Å². The molecule has 0 atom stereocenters. The van der Waals surface area contributed by atoms with Crippen LogP contribution in [0.25, 0.3) is 10.8 Å². The van der Waals surface area contributed by atoms with Gasteiger partial charge in [0.2, 0.25) is 0 Å². The molecule has 0 heterocycles. The molecule has 0 spiro atoms. The normalized spacial score (nSPS) is 11.0. The van der Waals surface area contributed by atoms with Gasteiger partial charge in [-0.1, -0.05) is 55.0 Å². The number of hydrogen-bond acceptors (Lipinski definition) is 3. The van der Waals surface area contributed by atoms with E-state index in [-0.39, 0.29) is 5.91 Å². The zero-order valence-electron chi connectivity index (χ0n) is 15.0. The highest BCUT2D eigenvalue weighted by Gasteiger charge is 2.08. The quantitative estimate of drug-likeness (QED) is 0.519. The number of rotatable bonds is 6. The molecular weight excluding hydrogens is 324 g/mol. The molecule has 0 aromatic heterocycles. The molecule has 3 aromatic carbocycles. The maximum absolute atomic E-state index is 12.3. The number of amides is 1. The van der Waals surface area contributed by atoms with E-state index in [0.29, 0.717) is 12.2 Å². The minimum absolute atomic E-state index is 0.235. The number of benzene rings is 3. The second-order valence-corrected chi connectivity index (χ2v) is 6.12. The van der Waals surface area contributed by atoms with Gasteiger partial charge in [0.05, 0.1) is 12.8 Å². The van der Waals surface area contributed by atoms with Crippen molar-refractivity contribution in [3.63, 3.8) is 0 Å². The number of carbonyl (C=O) groups excluding carboxylic acids is 1. The van der Waals surface area contributed by atoms with Gasteiger partial charge in [0.1, 0.15) is 5.75 Å². The molecule has 1 N–H and O–H groups in total. The van der Waals surface area contributed by atoms with Gasteiger partial charge in [0.15, 0.2) is 0 Å². The van der Waals surface area contributed by atoms with E-state index in [9.17, 15) is 4.79 Å². The zero-order valence-corrected chi connectivity index (χ0v) is 15.0. The van der Waals surface area contributed by atoms with E-state index < -0.39 is 0 Å². The maximum Gasteiger partial charge on any atom is 0.271 e. The van der Waals surface area contributed by atoms with Crippen molar-refractivity contribution in [2.75, 3.05) is 6.61 Å². The average molecular weight is 346 g/mol. The molecule has 0 fully saturated rings. The van der Waals surface area contributed by atoms with Gasteiger partial charge >= 0.3 is 0 Å². The first-order valence-electron chi connectivity index (χ1n) is 8.73. The number of carbonyl (C=O) groups is 1. The minimum Gasteiger partial charge on any atom is -0.493 e. The van der Waals surface area contributed by atoms with Crippen molar-refractivity contribution in [3.05, 3.63) is 77.4 Å². The molecule has 0 radical (unpaired) electrons. The molecule has 3 rings (SSSR count). The van der Waals surface area contributed by atoms with Gasteiger partial charge in [0, 0.05) is 11.1 Å². The fourth-order valence-electron chi connectivity index (χ4n) is 2.75. The summed E-state index contributed by atoms with van der Waals surface area (Å²) in [6.07, 6.45) is 2.58. The predicted molar refractivity (Wildman–Crippen MR) is 106 cm³/mol. The van der Waals surface area contributed by atoms with E-state index in [1.54, 1.807) is 12.3 Å². The van der Waals surface area contributed by atoms with Gasteiger partial charge in [-0.25, -0.2) is 5.43 Å². The Hall–Kier alpha value is -3.14. The van der Waals surface area contributed by atoms with E-state index in [2.05, 4.69) is 17.5 Å². The van der Waals surface area contributed by atoms with Crippen LogP contribution >= 0.6 is 0 Å². The van der Waals surface area contributed by atoms with Crippen LogP contribution in [-0.2, 0) is 0 Å². The Morgan fingerprint density at radius 1 is 1.12 bits per heavy atom. The number of hydrogen-bond donors (Lipinski definition) is 1. The molecule has 0 aliphatic carbocycles. The van der Waals surface area contributed by atoms with Crippen molar-refractivity contribution < 1.29 is 9.53 Å². The predicted octanol–water partition coefficient (Wildman–Crippen LogP) is 4.70. The monoisotopic (exact) mass is 346 g/mol. The third-order valence-electron chi connectivity index (χ3n) is 4.03. The Morgan fingerprint density at radius 3 is 2.77 bits per heavy atom. The highest BCUT2D eigenvalue weighted by atomic mass is 16.5. The molecule has 0 saturated carbocycles. The van der Waals surface area contributed by atoms with Crippen LogP contribution in [0.1, 0.15) is 34.8 Å². The SMILES string of the molecule is CCCOc1ccc2ccccc2c1/C=N/NC(=O)c1cccc(C)c1. The molecule has 132 valence electrons. The van der Waals surface area contributed by atoms with Crippen LogP contribution in [0.2, 0.25) is 0 Å². The lowest BCUT2D eigenvalue weighted by molar-refractivity contribution is 0.0955. The van der Waals surface area contributed by atoms with Gasteiger partial charge in [-0.05, 0) is 42.3 Å². The summed E-state index contributed by atoms with van der Waals surface area (Å²) in [5, 5.41) is 6.30. The van der Waals surface area contributed by atoms with Crippen molar-refractivity contribution >= 4 is 22.9 Å².